The van der Waals surface area contributed by atoms with Gasteiger partial charge >= 0.3 is 0 Å². The maximum atomic E-state index is 12.9. The van der Waals surface area contributed by atoms with E-state index in [-0.39, 0.29) is 17.2 Å². The highest BCUT2D eigenvalue weighted by molar-refractivity contribution is 6.00. The Morgan fingerprint density at radius 1 is 1.47 bits per heavy atom. The van der Waals surface area contributed by atoms with E-state index in [2.05, 4.69) is 0 Å². The van der Waals surface area contributed by atoms with Crippen LogP contribution in [-0.4, -0.2) is 5.91 Å². The third-order valence-electron chi connectivity index (χ3n) is 2.17. The first-order chi connectivity index (χ1) is 8.10. The molecule has 1 aromatic heterocycles. The molecule has 0 aliphatic carbocycles. The second-order valence-corrected chi connectivity index (χ2v) is 3.36. The largest absolute Gasteiger partial charge is 0.457 e. The van der Waals surface area contributed by atoms with Crippen LogP contribution in [-0.2, 0) is 4.79 Å². The highest BCUT2D eigenvalue weighted by Gasteiger charge is 2.07. The summed E-state index contributed by atoms with van der Waals surface area (Å²) in [6.07, 6.45) is 1.22. The minimum absolute atomic E-state index is 0.218. The smallest absolute Gasteiger partial charge is 0.259 e. The number of primary amides is 1. The Bertz CT molecular complexity index is 665. The van der Waals surface area contributed by atoms with Crippen LogP contribution in [0.25, 0.3) is 17.0 Å². The third kappa shape index (κ3) is 2.16. The van der Waals surface area contributed by atoms with Gasteiger partial charge in [-0.05, 0) is 24.3 Å². The van der Waals surface area contributed by atoms with Crippen LogP contribution in [0.4, 0.5) is 4.39 Å². The zero-order chi connectivity index (χ0) is 12.4. The number of furan rings is 1. The van der Waals surface area contributed by atoms with Gasteiger partial charge in [-0.1, -0.05) is 0 Å². The van der Waals surface area contributed by atoms with Crippen LogP contribution in [0, 0.1) is 17.1 Å². The van der Waals surface area contributed by atoms with Crippen molar-refractivity contribution in [2.24, 2.45) is 5.73 Å². The number of fused-ring (bicyclic) bond motifs is 1. The van der Waals surface area contributed by atoms with E-state index in [0.29, 0.717) is 11.0 Å². The predicted molar refractivity (Wildman–Crippen MR) is 59.0 cm³/mol. The summed E-state index contributed by atoms with van der Waals surface area (Å²) in [5, 5.41) is 9.21. The molecule has 0 aliphatic rings. The van der Waals surface area contributed by atoms with Gasteiger partial charge in [0.15, 0.2) is 0 Å². The molecular weight excluding hydrogens is 223 g/mol. The lowest BCUT2D eigenvalue weighted by Gasteiger charge is -1.88. The second-order valence-electron chi connectivity index (χ2n) is 3.36. The SMILES string of the molecule is N#CC(=Cc1cc2cc(F)ccc2o1)C(N)=O. The van der Waals surface area contributed by atoms with E-state index in [4.69, 9.17) is 15.4 Å². The summed E-state index contributed by atoms with van der Waals surface area (Å²) < 4.78 is 18.2. The predicted octanol–water partition coefficient (Wildman–Crippen LogP) is 1.96. The number of hydrogen-bond donors (Lipinski definition) is 1. The van der Waals surface area contributed by atoms with Gasteiger partial charge in [-0.2, -0.15) is 5.26 Å². The van der Waals surface area contributed by atoms with Gasteiger partial charge in [0, 0.05) is 11.5 Å². The van der Waals surface area contributed by atoms with Crippen LogP contribution >= 0.6 is 0 Å². The molecule has 84 valence electrons. The number of hydrogen-bond acceptors (Lipinski definition) is 3. The number of amides is 1. The summed E-state index contributed by atoms with van der Waals surface area (Å²) in [5.74, 6) is -0.940. The monoisotopic (exact) mass is 230 g/mol. The molecule has 2 N–H and O–H groups in total. The fourth-order valence-electron chi connectivity index (χ4n) is 1.41. The number of halogens is 1. The Hall–Kier alpha value is -2.61. The Balaban J connectivity index is 2.51. The Morgan fingerprint density at radius 3 is 2.88 bits per heavy atom. The van der Waals surface area contributed by atoms with Crippen molar-refractivity contribution < 1.29 is 13.6 Å². The molecule has 0 aliphatic heterocycles. The van der Waals surface area contributed by atoms with Gasteiger partial charge in [-0.3, -0.25) is 4.79 Å². The van der Waals surface area contributed by atoms with Crippen LogP contribution in [0.1, 0.15) is 5.76 Å². The average Bonchev–Trinajstić information content (AvgIpc) is 2.66. The number of nitrogens with zero attached hydrogens (tertiary/aromatic N) is 1. The number of carbonyl (C=O) groups is 1. The summed E-state index contributed by atoms with van der Waals surface area (Å²) >= 11 is 0. The van der Waals surface area contributed by atoms with E-state index in [0.717, 1.165) is 0 Å². The number of carbonyl (C=O) groups excluding carboxylic acids is 1. The average molecular weight is 230 g/mol. The molecule has 1 heterocycles. The van der Waals surface area contributed by atoms with Crippen molar-refractivity contribution in [2.75, 3.05) is 0 Å². The maximum Gasteiger partial charge on any atom is 0.259 e. The van der Waals surface area contributed by atoms with Crippen molar-refractivity contribution in [3.8, 4) is 6.07 Å². The number of nitriles is 1. The summed E-state index contributed by atoms with van der Waals surface area (Å²) in [6.45, 7) is 0. The van der Waals surface area contributed by atoms with Crippen molar-refractivity contribution in [3.63, 3.8) is 0 Å². The first-order valence-electron chi connectivity index (χ1n) is 4.71. The lowest BCUT2D eigenvalue weighted by atomic mass is 10.2. The summed E-state index contributed by atoms with van der Waals surface area (Å²) in [6, 6.07) is 7.22. The fraction of sp³-hybridized carbons (Fsp3) is 0. The summed E-state index contributed by atoms with van der Waals surface area (Å²) in [4.78, 5) is 10.8. The fourth-order valence-corrected chi connectivity index (χ4v) is 1.41. The molecule has 0 saturated carbocycles. The third-order valence-corrected chi connectivity index (χ3v) is 2.17. The Morgan fingerprint density at radius 2 is 2.24 bits per heavy atom. The Labute approximate surface area is 95.7 Å². The van der Waals surface area contributed by atoms with E-state index in [1.807, 2.05) is 0 Å². The molecule has 1 amide bonds. The zero-order valence-corrected chi connectivity index (χ0v) is 8.61. The number of nitrogens with two attached hydrogens (primary N) is 1. The van der Waals surface area contributed by atoms with Crippen molar-refractivity contribution >= 4 is 23.0 Å². The van der Waals surface area contributed by atoms with Gasteiger partial charge in [0.1, 0.15) is 28.8 Å². The van der Waals surface area contributed by atoms with Crippen LogP contribution < -0.4 is 5.73 Å². The first-order valence-corrected chi connectivity index (χ1v) is 4.71. The van der Waals surface area contributed by atoms with Crippen LogP contribution in [0.5, 0.6) is 0 Å². The topological polar surface area (TPSA) is 80.0 Å². The minimum Gasteiger partial charge on any atom is -0.457 e. The Kier molecular flexibility index (Phi) is 2.63. The van der Waals surface area contributed by atoms with E-state index >= 15 is 0 Å². The molecule has 0 atom stereocenters. The minimum atomic E-state index is -0.834. The molecule has 0 spiro atoms. The molecule has 17 heavy (non-hydrogen) atoms. The molecule has 0 fully saturated rings. The molecule has 0 unspecified atom stereocenters. The molecule has 5 heteroatoms. The molecule has 2 aromatic rings. The molecule has 4 nitrogen and oxygen atoms in total. The van der Waals surface area contributed by atoms with Crippen LogP contribution in [0.15, 0.2) is 34.3 Å². The molecule has 2 rings (SSSR count). The quantitative estimate of drug-likeness (QED) is 0.632. The zero-order valence-electron chi connectivity index (χ0n) is 8.61. The van der Waals surface area contributed by atoms with Gasteiger partial charge in [-0.25, -0.2) is 4.39 Å². The highest BCUT2D eigenvalue weighted by Crippen LogP contribution is 2.21. The van der Waals surface area contributed by atoms with Crippen molar-refractivity contribution in [2.45, 2.75) is 0 Å². The van der Waals surface area contributed by atoms with E-state index < -0.39 is 5.91 Å². The van der Waals surface area contributed by atoms with Crippen LogP contribution in [0.2, 0.25) is 0 Å². The van der Waals surface area contributed by atoms with Gasteiger partial charge in [0.2, 0.25) is 0 Å². The highest BCUT2D eigenvalue weighted by atomic mass is 19.1. The molecule has 0 radical (unpaired) electrons. The maximum absolute atomic E-state index is 12.9. The number of rotatable bonds is 2. The number of benzene rings is 1. The van der Waals surface area contributed by atoms with Gasteiger partial charge in [0.25, 0.3) is 5.91 Å². The van der Waals surface area contributed by atoms with Crippen molar-refractivity contribution in [3.05, 3.63) is 41.4 Å². The normalized spacial score (nSPS) is 11.4. The lowest BCUT2D eigenvalue weighted by Crippen LogP contribution is -2.12. The van der Waals surface area contributed by atoms with Crippen molar-refractivity contribution in [1.29, 1.82) is 5.26 Å². The van der Waals surface area contributed by atoms with Gasteiger partial charge < -0.3 is 10.2 Å². The molecule has 0 bridgehead atoms. The second kappa shape index (κ2) is 4.10. The van der Waals surface area contributed by atoms with E-state index in [9.17, 15) is 9.18 Å². The van der Waals surface area contributed by atoms with Gasteiger partial charge in [0.05, 0.1) is 0 Å². The van der Waals surface area contributed by atoms with Gasteiger partial charge in [-0.15, -0.1) is 0 Å². The van der Waals surface area contributed by atoms with E-state index in [1.54, 1.807) is 6.07 Å². The molecule has 1 aromatic carbocycles. The van der Waals surface area contributed by atoms with Crippen molar-refractivity contribution in [1.82, 2.24) is 0 Å². The standard InChI is InChI=1S/C12H7FN2O2/c13-9-1-2-11-7(3-9)4-10(17-11)5-8(6-14)12(15)16/h1-5H,(H2,15,16). The summed E-state index contributed by atoms with van der Waals surface area (Å²) in [7, 11) is 0. The van der Waals surface area contributed by atoms with Crippen LogP contribution in [0.3, 0.4) is 0 Å². The lowest BCUT2D eigenvalue weighted by molar-refractivity contribution is -0.114. The first kappa shape index (κ1) is 10.9. The molecular formula is C12H7FN2O2. The van der Waals surface area contributed by atoms with E-state index in [1.165, 1.54) is 30.3 Å². The molecule has 0 saturated heterocycles. The summed E-state index contributed by atoms with van der Waals surface area (Å²) in [5.41, 5.74) is 5.24.